The van der Waals surface area contributed by atoms with Crippen molar-refractivity contribution in [2.24, 2.45) is 0 Å². The largest absolute Gasteiger partial charge is 0.459 e. The molecule has 0 atom stereocenters. The summed E-state index contributed by atoms with van der Waals surface area (Å²) in [6, 6.07) is 6.68. The molecule has 0 aromatic carbocycles. The zero-order valence-corrected chi connectivity index (χ0v) is 9.61. The van der Waals surface area contributed by atoms with Gasteiger partial charge in [-0.25, -0.2) is 0 Å². The number of carbonyl (C=O) groups is 1. The van der Waals surface area contributed by atoms with Crippen molar-refractivity contribution >= 4 is 11.9 Å². The summed E-state index contributed by atoms with van der Waals surface area (Å²) in [5.74, 6) is 0.267. The van der Waals surface area contributed by atoms with E-state index in [1.165, 1.54) is 12.5 Å². The van der Waals surface area contributed by atoms with Crippen molar-refractivity contribution in [1.29, 1.82) is 0 Å². The van der Waals surface area contributed by atoms with Crippen LogP contribution in [-0.4, -0.2) is 21.1 Å². The van der Waals surface area contributed by atoms with Crippen LogP contribution in [0.1, 0.15) is 10.4 Å². The quantitative estimate of drug-likeness (QED) is 0.769. The van der Waals surface area contributed by atoms with Crippen molar-refractivity contribution in [3.8, 4) is 11.7 Å². The molecule has 0 aliphatic carbocycles. The lowest BCUT2D eigenvalue weighted by molar-refractivity contribution is 0.102. The van der Waals surface area contributed by atoms with Crippen molar-refractivity contribution in [2.45, 2.75) is 0 Å². The molecule has 3 aromatic rings. The second kappa shape index (κ2) is 4.73. The predicted octanol–water partition coefficient (Wildman–Crippen LogP) is 1.98. The third kappa shape index (κ3) is 2.34. The molecule has 0 aliphatic heterocycles. The minimum atomic E-state index is -0.372. The van der Waals surface area contributed by atoms with Crippen LogP contribution in [0, 0.1) is 0 Å². The molecule has 0 radical (unpaired) electrons. The summed E-state index contributed by atoms with van der Waals surface area (Å²) in [5.41, 5.74) is 0.403. The van der Waals surface area contributed by atoms with Gasteiger partial charge >= 0.3 is 6.01 Å². The highest BCUT2D eigenvalue weighted by molar-refractivity contribution is 6.02. The summed E-state index contributed by atoms with van der Waals surface area (Å²) in [6.45, 7) is 0. The molecule has 94 valence electrons. The Morgan fingerprint density at radius 1 is 1.21 bits per heavy atom. The highest BCUT2D eigenvalue weighted by Crippen LogP contribution is 2.19. The second-order valence-electron chi connectivity index (χ2n) is 3.59. The van der Waals surface area contributed by atoms with Gasteiger partial charge in [0.2, 0.25) is 0 Å². The first kappa shape index (κ1) is 11.1. The van der Waals surface area contributed by atoms with Crippen LogP contribution in [0.5, 0.6) is 0 Å². The maximum absolute atomic E-state index is 11.8. The van der Waals surface area contributed by atoms with Gasteiger partial charge in [-0.1, -0.05) is 5.10 Å². The van der Waals surface area contributed by atoms with Crippen LogP contribution in [0.3, 0.4) is 0 Å². The monoisotopic (exact) mass is 256 g/mol. The van der Waals surface area contributed by atoms with Crippen molar-refractivity contribution < 1.29 is 13.6 Å². The molecule has 0 aliphatic rings. The van der Waals surface area contributed by atoms with Gasteiger partial charge in [-0.3, -0.25) is 15.1 Å². The minimum Gasteiger partial charge on any atom is -0.459 e. The fourth-order valence-corrected chi connectivity index (χ4v) is 1.44. The van der Waals surface area contributed by atoms with Crippen molar-refractivity contribution in [2.75, 3.05) is 5.32 Å². The van der Waals surface area contributed by atoms with Gasteiger partial charge < -0.3 is 8.83 Å². The molecule has 1 amide bonds. The number of aromatic nitrogens is 3. The molecule has 1 N–H and O–H groups in total. The van der Waals surface area contributed by atoms with Crippen molar-refractivity contribution in [3.05, 3.63) is 48.5 Å². The summed E-state index contributed by atoms with van der Waals surface area (Å²) in [4.78, 5) is 15.7. The smallest absolute Gasteiger partial charge is 0.322 e. The summed E-state index contributed by atoms with van der Waals surface area (Å²) in [5, 5.41) is 9.95. The molecule has 0 bridgehead atoms. The number of hydrogen-bond donors (Lipinski definition) is 1. The van der Waals surface area contributed by atoms with Crippen LogP contribution in [0.25, 0.3) is 11.7 Å². The maximum Gasteiger partial charge on any atom is 0.322 e. The Bertz CT molecular complexity index is 676. The van der Waals surface area contributed by atoms with Crippen LogP contribution in [0.15, 0.2) is 51.8 Å². The fourth-order valence-electron chi connectivity index (χ4n) is 1.44. The number of rotatable bonds is 3. The van der Waals surface area contributed by atoms with Crippen LogP contribution in [0.4, 0.5) is 6.01 Å². The zero-order valence-electron chi connectivity index (χ0n) is 9.61. The SMILES string of the molecule is O=C(Nc1nnc(-c2ccco2)o1)c1cccnc1. The maximum atomic E-state index is 11.8. The standard InChI is InChI=1S/C12H8N4O3/c17-10(8-3-1-5-13-7-8)14-12-16-15-11(19-12)9-4-2-6-18-9/h1-7H,(H,14,16,17). The molecule has 0 saturated heterocycles. The molecule has 7 nitrogen and oxygen atoms in total. The Balaban J connectivity index is 1.76. The lowest BCUT2D eigenvalue weighted by Gasteiger charge is -1.98. The third-order valence-corrected chi connectivity index (χ3v) is 2.30. The zero-order chi connectivity index (χ0) is 13.1. The van der Waals surface area contributed by atoms with Gasteiger partial charge in [-0.2, -0.15) is 0 Å². The lowest BCUT2D eigenvalue weighted by atomic mass is 10.3. The Morgan fingerprint density at radius 3 is 2.89 bits per heavy atom. The summed E-state index contributed by atoms with van der Waals surface area (Å²) in [7, 11) is 0. The number of anilines is 1. The Hall–Kier alpha value is -2.96. The molecule has 0 unspecified atom stereocenters. The predicted molar refractivity (Wildman–Crippen MR) is 64.2 cm³/mol. The van der Waals surface area contributed by atoms with E-state index in [9.17, 15) is 4.79 Å². The third-order valence-electron chi connectivity index (χ3n) is 2.30. The number of nitrogens with one attached hydrogen (secondary N) is 1. The lowest BCUT2D eigenvalue weighted by Crippen LogP contribution is -2.12. The first-order valence-electron chi connectivity index (χ1n) is 5.42. The van der Waals surface area contributed by atoms with Crippen LogP contribution in [-0.2, 0) is 0 Å². The topological polar surface area (TPSA) is 94.1 Å². The first-order valence-corrected chi connectivity index (χ1v) is 5.42. The van der Waals surface area contributed by atoms with Crippen molar-refractivity contribution in [1.82, 2.24) is 15.2 Å². The van der Waals surface area contributed by atoms with E-state index in [4.69, 9.17) is 8.83 Å². The van der Waals surface area contributed by atoms with Crippen molar-refractivity contribution in [3.63, 3.8) is 0 Å². The molecule has 7 heteroatoms. The molecule has 0 spiro atoms. The number of nitrogens with zero attached hydrogens (tertiary/aromatic N) is 3. The molecule has 3 heterocycles. The van der Waals surface area contributed by atoms with E-state index in [0.29, 0.717) is 11.3 Å². The second-order valence-corrected chi connectivity index (χ2v) is 3.59. The number of furan rings is 1. The molecule has 19 heavy (non-hydrogen) atoms. The van der Waals surface area contributed by atoms with Gasteiger partial charge in [0, 0.05) is 12.4 Å². The van der Waals surface area contributed by atoms with Gasteiger partial charge in [-0.05, 0) is 24.3 Å². The average molecular weight is 256 g/mol. The number of pyridine rings is 1. The molecular weight excluding hydrogens is 248 g/mol. The van der Waals surface area contributed by atoms with Crippen LogP contribution >= 0.6 is 0 Å². The van der Waals surface area contributed by atoms with Gasteiger partial charge in [-0.15, -0.1) is 5.10 Å². The van der Waals surface area contributed by atoms with E-state index in [-0.39, 0.29) is 17.8 Å². The van der Waals surface area contributed by atoms with Gasteiger partial charge in [0.1, 0.15) is 0 Å². The molecule has 0 fully saturated rings. The Labute approximate surface area is 107 Å². The average Bonchev–Trinajstić information content (AvgIpc) is 3.10. The minimum absolute atomic E-state index is 0.000234. The Morgan fingerprint density at radius 2 is 2.16 bits per heavy atom. The van der Waals surface area contributed by atoms with Crippen LogP contribution in [0.2, 0.25) is 0 Å². The van der Waals surface area contributed by atoms with E-state index in [1.807, 2.05) is 0 Å². The Kier molecular flexibility index (Phi) is 2.77. The number of carbonyl (C=O) groups excluding carboxylic acids is 1. The molecule has 0 saturated carbocycles. The van der Waals surface area contributed by atoms with E-state index < -0.39 is 0 Å². The van der Waals surface area contributed by atoms with Gasteiger partial charge in [0.15, 0.2) is 5.76 Å². The highest BCUT2D eigenvalue weighted by Gasteiger charge is 2.13. The normalized spacial score (nSPS) is 10.3. The molecule has 3 aromatic heterocycles. The van der Waals surface area contributed by atoms with Gasteiger partial charge in [0.25, 0.3) is 11.8 Å². The van der Waals surface area contributed by atoms with E-state index >= 15 is 0 Å². The van der Waals surface area contributed by atoms with Gasteiger partial charge in [0.05, 0.1) is 11.8 Å². The first-order chi connectivity index (χ1) is 9.33. The van der Waals surface area contributed by atoms with E-state index in [1.54, 1.807) is 30.5 Å². The summed E-state index contributed by atoms with van der Waals surface area (Å²) in [6.07, 6.45) is 4.52. The summed E-state index contributed by atoms with van der Waals surface area (Å²) >= 11 is 0. The number of hydrogen-bond acceptors (Lipinski definition) is 6. The van der Waals surface area contributed by atoms with E-state index in [2.05, 4.69) is 20.5 Å². The fraction of sp³-hybridized carbons (Fsp3) is 0. The highest BCUT2D eigenvalue weighted by atomic mass is 16.4. The summed E-state index contributed by atoms with van der Waals surface area (Å²) < 4.78 is 10.4. The van der Waals surface area contributed by atoms with Crippen LogP contribution < -0.4 is 5.32 Å². The molecular formula is C12H8N4O3. The molecule has 3 rings (SSSR count). The number of amides is 1. The van der Waals surface area contributed by atoms with E-state index in [0.717, 1.165) is 0 Å².